The summed E-state index contributed by atoms with van der Waals surface area (Å²) in [6, 6.07) is 0. The molecule has 9 nitrogen and oxygen atoms in total. The van der Waals surface area contributed by atoms with Crippen LogP contribution in [0.15, 0.2) is 11.0 Å². The Hall–Kier alpha value is -1.69. The Labute approximate surface area is 224 Å². The van der Waals surface area contributed by atoms with Crippen molar-refractivity contribution in [2.75, 3.05) is 7.11 Å². The number of ether oxygens (including phenoxy) is 1. The molecule has 2 unspecified atom stereocenters. The van der Waals surface area contributed by atoms with Gasteiger partial charge in [-0.25, -0.2) is 4.98 Å². The first-order valence-corrected chi connectivity index (χ1v) is 13.6. The molecule has 37 heavy (non-hydrogen) atoms. The molecule has 1 heterocycles. The van der Waals surface area contributed by atoms with E-state index in [9.17, 15) is 35.1 Å². The van der Waals surface area contributed by atoms with Crippen LogP contribution in [0, 0.1) is 24.2 Å². The summed E-state index contributed by atoms with van der Waals surface area (Å²) in [5.41, 5.74) is 0.141. The van der Waals surface area contributed by atoms with Crippen molar-refractivity contribution in [2.24, 2.45) is 17.3 Å². The number of aliphatic hydroxyl groups is 5. The van der Waals surface area contributed by atoms with E-state index < -0.39 is 47.8 Å². The summed E-state index contributed by atoms with van der Waals surface area (Å²) in [5.74, 6) is -2.04. The monoisotopic (exact) mass is 543 g/mol. The highest BCUT2D eigenvalue weighted by molar-refractivity contribution is 7.09. The number of aryl methyl sites for hydroxylation is 1. The molecule has 5 N–H and O–H groups in total. The van der Waals surface area contributed by atoms with Crippen LogP contribution in [-0.4, -0.2) is 79.9 Å². The fourth-order valence-corrected chi connectivity index (χ4v) is 4.83. The number of methoxy groups -OCH3 is 1. The van der Waals surface area contributed by atoms with E-state index in [2.05, 4.69) is 9.72 Å². The number of ketones is 1. The Balaban J connectivity index is 2.55. The lowest BCUT2D eigenvalue weighted by atomic mass is 9.73. The van der Waals surface area contributed by atoms with Crippen molar-refractivity contribution >= 4 is 29.2 Å². The van der Waals surface area contributed by atoms with Crippen LogP contribution in [0.5, 0.6) is 0 Å². The zero-order valence-electron chi connectivity index (χ0n) is 23.0. The molecule has 0 amide bonds. The molecule has 0 fully saturated rings. The summed E-state index contributed by atoms with van der Waals surface area (Å²) >= 11 is 1.51. The van der Waals surface area contributed by atoms with Gasteiger partial charge in [0.25, 0.3) is 0 Å². The summed E-state index contributed by atoms with van der Waals surface area (Å²) < 4.78 is 4.56. The van der Waals surface area contributed by atoms with Gasteiger partial charge in [0.1, 0.15) is 5.78 Å². The number of aliphatic hydroxyl groups excluding tert-OH is 5. The average Bonchev–Trinajstić information content (AvgIpc) is 3.25. The maximum Gasteiger partial charge on any atom is 0.308 e. The molecular formula is C27H45NO8S. The van der Waals surface area contributed by atoms with Crippen molar-refractivity contribution in [1.29, 1.82) is 0 Å². The third kappa shape index (κ3) is 10.2. The minimum atomic E-state index is -1.25. The minimum absolute atomic E-state index is 0.0146. The molecule has 0 radical (unpaired) electrons. The van der Waals surface area contributed by atoms with E-state index in [0.29, 0.717) is 18.4 Å². The van der Waals surface area contributed by atoms with E-state index in [1.165, 1.54) is 32.3 Å². The van der Waals surface area contributed by atoms with E-state index in [4.69, 9.17) is 0 Å². The quantitative estimate of drug-likeness (QED) is 0.198. The molecule has 7 atom stereocenters. The number of Topliss-reactive ketones (excluding diaryl/α,β-unsaturated/α-hetero) is 1. The van der Waals surface area contributed by atoms with E-state index in [1.54, 1.807) is 26.8 Å². The van der Waals surface area contributed by atoms with Crippen LogP contribution in [0.25, 0.3) is 6.08 Å². The fraction of sp³-hybridized carbons (Fsp3) is 0.741. The Bertz CT molecular complexity index is 899. The van der Waals surface area contributed by atoms with Gasteiger partial charge in [0.15, 0.2) is 0 Å². The topological polar surface area (TPSA) is 157 Å². The summed E-state index contributed by atoms with van der Waals surface area (Å²) in [5, 5.41) is 55.1. The van der Waals surface area contributed by atoms with Gasteiger partial charge in [0.2, 0.25) is 0 Å². The van der Waals surface area contributed by atoms with Crippen molar-refractivity contribution in [3.05, 3.63) is 21.7 Å². The number of hydrogen-bond acceptors (Lipinski definition) is 10. The molecule has 0 aromatic carbocycles. The molecule has 1 aromatic heterocycles. The molecule has 0 spiro atoms. The lowest BCUT2D eigenvalue weighted by molar-refractivity contribution is -0.149. The second-order valence-corrected chi connectivity index (χ2v) is 11.7. The lowest BCUT2D eigenvalue weighted by Gasteiger charge is -2.34. The number of carbonyl (C=O) groups is 2. The first-order chi connectivity index (χ1) is 17.1. The number of aromatic nitrogens is 1. The van der Waals surface area contributed by atoms with Gasteiger partial charge in [-0.1, -0.05) is 34.1 Å². The second-order valence-electron chi connectivity index (χ2n) is 10.6. The Morgan fingerprint density at radius 2 is 1.73 bits per heavy atom. The van der Waals surface area contributed by atoms with Crippen LogP contribution < -0.4 is 0 Å². The van der Waals surface area contributed by atoms with Gasteiger partial charge >= 0.3 is 5.97 Å². The maximum atomic E-state index is 13.0. The van der Waals surface area contributed by atoms with Crippen LogP contribution in [-0.2, 0) is 14.3 Å². The van der Waals surface area contributed by atoms with E-state index in [1.807, 2.05) is 12.3 Å². The summed E-state index contributed by atoms with van der Waals surface area (Å²) in [7, 11) is 1.21. The fourth-order valence-electron chi connectivity index (χ4n) is 4.25. The second kappa shape index (κ2) is 15.0. The zero-order chi connectivity index (χ0) is 28.5. The van der Waals surface area contributed by atoms with Gasteiger partial charge in [-0.05, 0) is 44.3 Å². The first-order valence-electron chi connectivity index (χ1n) is 12.7. The van der Waals surface area contributed by atoms with Crippen LogP contribution in [0.3, 0.4) is 0 Å². The zero-order valence-corrected chi connectivity index (χ0v) is 23.9. The number of esters is 1. The van der Waals surface area contributed by atoms with Crippen molar-refractivity contribution in [3.63, 3.8) is 0 Å². The molecule has 212 valence electrons. The molecule has 1 aromatic rings. The van der Waals surface area contributed by atoms with Crippen molar-refractivity contribution in [3.8, 4) is 0 Å². The van der Waals surface area contributed by atoms with Crippen LogP contribution >= 0.6 is 11.3 Å². The van der Waals surface area contributed by atoms with Crippen molar-refractivity contribution in [1.82, 2.24) is 4.98 Å². The number of thiazole rings is 1. The average molecular weight is 544 g/mol. The molecule has 0 aliphatic heterocycles. The first kappa shape index (κ1) is 33.3. The molecule has 1 rings (SSSR count). The smallest absolute Gasteiger partial charge is 0.308 e. The third-order valence-electron chi connectivity index (χ3n) is 7.17. The van der Waals surface area contributed by atoms with E-state index in [-0.39, 0.29) is 31.0 Å². The van der Waals surface area contributed by atoms with Crippen LogP contribution in [0.1, 0.15) is 77.4 Å². The predicted molar refractivity (Wildman–Crippen MR) is 143 cm³/mol. The molecule has 0 bridgehead atoms. The Morgan fingerprint density at radius 1 is 1.11 bits per heavy atom. The highest BCUT2D eigenvalue weighted by Gasteiger charge is 2.42. The van der Waals surface area contributed by atoms with E-state index >= 15 is 0 Å². The summed E-state index contributed by atoms with van der Waals surface area (Å²) in [6.07, 6.45) is -2.62. The maximum absolute atomic E-state index is 13.0. The van der Waals surface area contributed by atoms with Gasteiger partial charge in [0, 0.05) is 17.7 Å². The number of nitrogens with zero attached hydrogens (tertiary/aromatic N) is 1. The van der Waals surface area contributed by atoms with Gasteiger partial charge in [-0.2, -0.15) is 0 Å². The van der Waals surface area contributed by atoms with Gasteiger partial charge in [-0.3, -0.25) is 9.59 Å². The van der Waals surface area contributed by atoms with Crippen LogP contribution in [0.4, 0.5) is 0 Å². The standard InChI is InChI=1S/C27H45NO8S/c1-15(25(34)17(3)26(35)27(5,6)23(32)13-24(33)36-7)9-8-10-20(29)22(31)12-21(30)16(2)11-19-14-37-18(4)28-19/h11,14-15,17,20-23,25,29-32,34H,8-10,12-13H2,1-7H3/b16-11+/t15-,17+,20?,21-,22?,23-,25-/m0/s1. The van der Waals surface area contributed by atoms with Gasteiger partial charge in [-0.15, -0.1) is 11.3 Å². The lowest BCUT2D eigenvalue weighted by Crippen LogP contribution is -2.45. The number of hydrogen-bond donors (Lipinski definition) is 5. The SMILES string of the molecule is COC(=O)C[C@H](O)C(C)(C)C(=O)[C@H](C)[C@@H](O)[C@@H](C)CCCC(O)C(O)C[C@H](O)/C(C)=C/c1csc(C)n1. The number of carbonyl (C=O) groups excluding carboxylic acids is 2. The van der Waals surface area contributed by atoms with Gasteiger partial charge in [0.05, 0.1) is 60.2 Å². The minimum Gasteiger partial charge on any atom is -0.469 e. The highest BCUT2D eigenvalue weighted by atomic mass is 32.1. The van der Waals surface area contributed by atoms with Gasteiger partial charge < -0.3 is 30.3 Å². The van der Waals surface area contributed by atoms with E-state index in [0.717, 1.165) is 10.7 Å². The molecule has 10 heteroatoms. The highest BCUT2D eigenvalue weighted by Crippen LogP contribution is 2.32. The third-order valence-corrected chi connectivity index (χ3v) is 7.96. The normalized spacial score (nSPS) is 18.4. The Morgan fingerprint density at radius 3 is 2.27 bits per heavy atom. The van der Waals surface area contributed by atoms with Crippen molar-refractivity contribution < 1.29 is 39.9 Å². The van der Waals surface area contributed by atoms with Crippen molar-refractivity contribution in [2.45, 2.75) is 104 Å². The Kier molecular flexibility index (Phi) is 13.6. The molecule has 0 aliphatic carbocycles. The summed E-state index contributed by atoms with van der Waals surface area (Å²) in [6.45, 7) is 10.1. The molecular weight excluding hydrogens is 498 g/mol. The molecule has 0 aliphatic rings. The molecule has 0 saturated heterocycles. The molecule has 0 saturated carbocycles. The van der Waals surface area contributed by atoms with Crippen LogP contribution in [0.2, 0.25) is 0 Å². The largest absolute Gasteiger partial charge is 0.469 e. The predicted octanol–water partition coefficient (Wildman–Crippen LogP) is 2.65. The number of rotatable bonds is 16. The summed E-state index contributed by atoms with van der Waals surface area (Å²) in [4.78, 5) is 28.8.